The number of ether oxygens (including phenoxy) is 3. The summed E-state index contributed by atoms with van der Waals surface area (Å²) in [5.41, 5.74) is 1.24. The Labute approximate surface area is 134 Å². The normalized spacial score (nSPS) is 10.3. The Hall–Kier alpha value is -2.70. The molecule has 0 unspecified atom stereocenters. The standard InChI is InChI=1S/C16H20N2O5/c1-10-7-12(23-18-10)5-6-17-16(19)11-8-13(20-2)15(22-4)14(9-11)21-3/h7-9H,5-6H2,1-4H3,(H,17,19). The molecule has 0 fully saturated rings. The highest BCUT2D eigenvalue weighted by atomic mass is 16.5. The van der Waals surface area contributed by atoms with Crippen molar-refractivity contribution in [1.29, 1.82) is 0 Å². The molecule has 1 aromatic carbocycles. The first-order valence-electron chi connectivity index (χ1n) is 7.09. The highest BCUT2D eigenvalue weighted by Gasteiger charge is 2.16. The molecule has 7 nitrogen and oxygen atoms in total. The van der Waals surface area contributed by atoms with Crippen LogP contribution < -0.4 is 19.5 Å². The molecule has 0 aliphatic rings. The van der Waals surface area contributed by atoms with Gasteiger partial charge in [0.1, 0.15) is 5.76 Å². The van der Waals surface area contributed by atoms with Gasteiger partial charge in [-0.25, -0.2) is 0 Å². The minimum atomic E-state index is -0.236. The number of carbonyl (C=O) groups is 1. The Kier molecular flexibility index (Phi) is 5.46. The summed E-state index contributed by atoms with van der Waals surface area (Å²) in [6.45, 7) is 2.28. The van der Waals surface area contributed by atoms with Gasteiger partial charge in [-0.1, -0.05) is 5.16 Å². The van der Waals surface area contributed by atoms with E-state index in [0.29, 0.717) is 35.8 Å². The van der Waals surface area contributed by atoms with Crippen molar-refractivity contribution in [2.45, 2.75) is 13.3 Å². The molecular formula is C16H20N2O5. The van der Waals surface area contributed by atoms with Gasteiger partial charge in [0.15, 0.2) is 11.5 Å². The van der Waals surface area contributed by atoms with Crippen molar-refractivity contribution in [1.82, 2.24) is 10.5 Å². The van der Waals surface area contributed by atoms with E-state index < -0.39 is 0 Å². The number of nitrogens with zero attached hydrogens (tertiary/aromatic N) is 1. The zero-order valence-corrected chi connectivity index (χ0v) is 13.6. The van der Waals surface area contributed by atoms with Gasteiger partial charge in [0.25, 0.3) is 5.91 Å². The second-order valence-corrected chi connectivity index (χ2v) is 4.85. The van der Waals surface area contributed by atoms with E-state index in [0.717, 1.165) is 11.5 Å². The Morgan fingerprint density at radius 3 is 2.26 bits per heavy atom. The third-order valence-corrected chi connectivity index (χ3v) is 3.26. The van der Waals surface area contributed by atoms with E-state index in [1.165, 1.54) is 21.3 Å². The minimum absolute atomic E-state index is 0.236. The first kappa shape index (κ1) is 16.7. The summed E-state index contributed by atoms with van der Waals surface area (Å²) in [5, 5.41) is 6.62. The van der Waals surface area contributed by atoms with Crippen LogP contribution in [0.25, 0.3) is 0 Å². The predicted molar refractivity (Wildman–Crippen MR) is 83.4 cm³/mol. The molecule has 23 heavy (non-hydrogen) atoms. The maximum absolute atomic E-state index is 12.3. The van der Waals surface area contributed by atoms with E-state index in [4.69, 9.17) is 18.7 Å². The number of amides is 1. The summed E-state index contributed by atoms with van der Waals surface area (Å²) in [6, 6.07) is 5.05. The lowest BCUT2D eigenvalue weighted by Crippen LogP contribution is -2.25. The van der Waals surface area contributed by atoms with E-state index in [1.807, 2.05) is 13.0 Å². The summed E-state index contributed by atoms with van der Waals surface area (Å²) in [6.07, 6.45) is 0.566. The van der Waals surface area contributed by atoms with Crippen molar-refractivity contribution in [2.75, 3.05) is 27.9 Å². The number of rotatable bonds is 7. The topological polar surface area (TPSA) is 82.8 Å². The molecule has 0 radical (unpaired) electrons. The summed E-state index contributed by atoms with van der Waals surface area (Å²) < 4.78 is 20.8. The summed E-state index contributed by atoms with van der Waals surface area (Å²) in [7, 11) is 4.52. The van der Waals surface area contributed by atoms with Crippen molar-refractivity contribution in [3.05, 3.63) is 35.2 Å². The molecule has 0 bridgehead atoms. The van der Waals surface area contributed by atoms with Gasteiger partial charge >= 0.3 is 0 Å². The average molecular weight is 320 g/mol. The lowest BCUT2D eigenvalue weighted by atomic mass is 10.1. The fourth-order valence-corrected chi connectivity index (χ4v) is 2.15. The van der Waals surface area contributed by atoms with E-state index in [1.54, 1.807) is 12.1 Å². The van der Waals surface area contributed by atoms with Gasteiger partial charge in [-0.3, -0.25) is 4.79 Å². The molecule has 1 heterocycles. The quantitative estimate of drug-likeness (QED) is 0.840. The largest absolute Gasteiger partial charge is 0.493 e. The van der Waals surface area contributed by atoms with Crippen LogP contribution in [0.4, 0.5) is 0 Å². The second kappa shape index (κ2) is 7.53. The predicted octanol–water partition coefficient (Wildman–Crippen LogP) is 1.98. The zero-order valence-electron chi connectivity index (χ0n) is 13.6. The van der Waals surface area contributed by atoms with Gasteiger partial charge in [-0.2, -0.15) is 0 Å². The number of aryl methyl sites for hydroxylation is 1. The molecule has 0 saturated heterocycles. The van der Waals surface area contributed by atoms with Crippen LogP contribution in [-0.2, 0) is 6.42 Å². The van der Waals surface area contributed by atoms with Crippen LogP contribution in [0.15, 0.2) is 22.7 Å². The van der Waals surface area contributed by atoms with Gasteiger partial charge in [0.05, 0.1) is 27.0 Å². The van der Waals surface area contributed by atoms with Crippen molar-refractivity contribution < 1.29 is 23.5 Å². The van der Waals surface area contributed by atoms with E-state index in [-0.39, 0.29) is 5.91 Å². The maximum Gasteiger partial charge on any atom is 0.251 e. The van der Waals surface area contributed by atoms with Crippen LogP contribution in [0.2, 0.25) is 0 Å². The molecule has 0 aliphatic carbocycles. The molecule has 2 rings (SSSR count). The van der Waals surface area contributed by atoms with Gasteiger partial charge in [-0.15, -0.1) is 0 Å². The Morgan fingerprint density at radius 2 is 1.78 bits per heavy atom. The molecule has 2 aromatic rings. The molecule has 0 spiro atoms. The van der Waals surface area contributed by atoms with E-state index >= 15 is 0 Å². The molecule has 0 aliphatic heterocycles. The monoisotopic (exact) mass is 320 g/mol. The lowest BCUT2D eigenvalue weighted by Gasteiger charge is -2.14. The van der Waals surface area contributed by atoms with Crippen molar-refractivity contribution in [3.8, 4) is 17.2 Å². The molecule has 1 N–H and O–H groups in total. The third-order valence-electron chi connectivity index (χ3n) is 3.26. The Balaban J connectivity index is 2.06. The number of hydrogen-bond acceptors (Lipinski definition) is 6. The highest BCUT2D eigenvalue weighted by Crippen LogP contribution is 2.38. The molecule has 0 atom stereocenters. The van der Waals surface area contributed by atoms with Crippen LogP contribution in [0.5, 0.6) is 17.2 Å². The molecule has 124 valence electrons. The fourth-order valence-electron chi connectivity index (χ4n) is 2.15. The SMILES string of the molecule is COc1cc(C(=O)NCCc2cc(C)no2)cc(OC)c1OC. The minimum Gasteiger partial charge on any atom is -0.493 e. The molecule has 1 aromatic heterocycles. The number of benzene rings is 1. The van der Waals surface area contributed by atoms with Gasteiger partial charge in [0, 0.05) is 24.6 Å². The van der Waals surface area contributed by atoms with Crippen LogP contribution in [-0.4, -0.2) is 38.9 Å². The first-order chi connectivity index (χ1) is 11.1. The zero-order chi connectivity index (χ0) is 16.8. The van der Waals surface area contributed by atoms with Crippen LogP contribution >= 0.6 is 0 Å². The van der Waals surface area contributed by atoms with E-state index in [2.05, 4.69) is 10.5 Å². The summed E-state index contributed by atoms with van der Waals surface area (Å²) in [4.78, 5) is 12.3. The fraction of sp³-hybridized carbons (Fsp3) is 0.375. The van der Waals surface area contributed by atoms with Crippen molar-refractivity contribution in [3.63, 3.8) is 0 Å². The number of carbonyl (C=O) groups excluding carboxylic acids is 1. The lowest BCUT2D eigenvalue weighted by molar-refractivity contribution is 0.0952. The van der Waals surface area contributed by atoms with Gasteiger partial charge in [0.2, 0.25) is 5.75 Å². The molecule has 1 amide bonds. The van der Waals surface area contributed by atoms with Crippen LogP contribution in [0.3, 0.4) is 0 Å². The van der Waals surface area contributed by atoms with Crippen molar-refractivity contribution in [2.24, 2.45) is 0 Å². The Bertz CT molecular complexity index is 656. The highest BCUT2D eigenvalue weighted by molar-refractivity contribution is 5.95. The first-order valence-corrected chi connectivity index (χ1v) is 7.09. The summed E-state index contributed by atoms with van der Waals surface area (Å²) >= 11 is 0. The smallest absolute Gasteiger partial charge is 0.251 e. The molecular weight excluding hydrogens is 300 g/mol. The number of aromatic nitrogens is 1. The number of hydrogen-bond donors (Lipinski definition) is 1. The number of methoxy groups -OCH3 is 3. The van der Waals surface area contributed by atoms with Crippen LogP contribution in [0, 0.1) is 6.92 Å². The van der Waals surface area contributed by atoms with Crippen LogP contribution in [0.1, 0.15) is 21.8 Å². The average Bonchev–Trinajstić information content (AvgIpc) is 2.98. The molecule has 0 saturated carbocycles. The number of nitrogens with one attached hydrogen (secondary N) is 1. The van der Waals surface area contributed by atoms with E-state index in [9.17, 15) is 4.79 Å². The third kappa shape index (κ3) is 3.94. The summed E-state index contributed by atoms with van der Waals surface area (Å²) in [5.74, 6) is 1.81. The molecule has 7 heteroatoms. The Morgan fingerprint density at radius 1 is 1.13 bits per heavy atom. The van der Waals surface area contributed by atoms with Crippen molar-refractivity contribution >= 4 is 5.91 Å². The maximum atomic E-state index is 12.3. The van der Waals surface area contributed by atoms with Gasteiger partial charge < -0.3 is 24.1 Å². The van der Waals surface area contributed by atoms with Gasteiger partial charge in [-0.05, 0) is 19.1 Å². The second-order valence-electron chi connectivity index (χ2n) is 4.85.